The number of rotatable bonds is 3. The van der Waals surface area contributed by atoms with E-state index in [1.54, 1.807) is 6.07 Å². The fraction of sp³-hybridized carbons (Fsp3) is 0.462. The van der Waals surface area contributed by atoms with Crippen LogP contribution in [0.4, 0.5) is 11.4 Å². The number of hydrogen-bond acceptors (Lipinski definition) is 4. The topological polar surface area (TPSA) is 84.3 Å². The first kappa shape index (κ1) is 14.9. The van der Waals surface area contributed by atoms with Gasteiger partial charge in [0, 0.05) is 10.5 Å². The van der Waals surface area contributed by atoms with E-state index in [0.29, 0.717) is 10.4 Å². The molecule has 7 heteroatoms. The molecule has 1 saturated heterocycles. The van der Waals surface area contributed by atoms with Crippen molar-refractivity contribution in [2.24, 2.45) is 5.92 Å². The van der Waals surface area contributed by atoms with Crippen LogP contribution in [0.3, 0.4) is 0 Å². The fourth-order valence-electron chi connectivity index (χ4n) is 2.29. The molecule has 108 valence electrons. The van der Waals surface area contributed by atoms with E-state index in [1.165, 1.54) is 12.1 Å². The Bertz CT molecular complexity index is 536. The van der Waals surface area contributed by atoms with Gasteiger partial charge in [-0.25, -0.2) is 0 Å². The summed E-state index contributed by atoms with van der Waals surface area (Å²) in [5, 5.41) is 16.8. The van der Waals surface area contributed by atoms with Crippen LogP contribution in [-0.2, 0) is 4.79 Å². The van der Waals surface area contributed by atoms with Gasteiger partial charge < -0.3 is 10.6 Å². The highest BCUT2D eigenvalue weighted by atomic mass is 79.9. The number of carbonyl (C=O) groups excluding carboxylic acids is 1. The molecule has 1 heterocycles. The SMILES string of the molecule is CC1CCNC(C(=O)Nc2ccc(Br)cc2[N+](=O)[O-])C1. The van der Waals surface area contributed by atoms with Crippen LogP contribution in [0, 0.1) is 16.0 Å². The molecule has 0 bridgehead atoms. The highest BCUT2D eigenvalue weighted by Crippen LogP contribution is 2.28. The average Bonchev–Trinajstić information content (AvgIpc) is 2.40. The summed E-state index contributed by atoms with van der Waals surface area (Å²) in [4.78, 5) is 22.7. The van der Waals surface area contributed by atoms with Gasteiger partial charge in [-0.2, -0.15) is 0 Å². The van der Waals surface area contributed by atoms with Gasteiger partial charge in [-0.05, 0) is 37.4 Å². The minimum Gasteiger partial charge on any atom is -0.319 e. The number of anilines is 1. The highest BCUT2D eigenvalue weighted by molar-refractivity contribution is 9.10. The number of hydrogen-bond donors (Lipinski definition) is 2. The number of nitrogens with zero attached hydrogens (tertiary/aromatic N) is 1. The molecule has 0 aromatic heterocycles. The molecule has 1 aliphatic heterocycles. The second-order valence-electron chi connectivity index (χ2n) is 5.04. The molecule has 1 aromatic carbocycles. The Balaban J connectivity index is 2.13. The summed E-state index contributed by atoms with van der Waals surface area (Å²) in [5.74, 6) is 0.258. The Hall–Kier alpha value is -1.47. The van der Waals surface area contributed by atoms with E-state index in [-0.39, 0.29) is 23.3 Å². The smallest absolute Gasteiger partial charge is 0.293 e. The molecule has 1 fully saturated rings. The molecule has 0 spiro atoms. The van der Waals surface area contributed by atoms with Crippen LogP contribution in [0.5, 0.6) is 0 Å². The quantitative estimate of drug-likeness (QED) is 0.653. The summed E-state index contributed by atoms with van der Waals surface area (Å²) < 4.78 is 0.603. The summed E-state index contributed by atoms with van der Waals surface area (Å²) in [6.07, 6.45) is 1.79. The van der Waals surface area contributed by atoms with E-state index in [2.05, 4.69) is 33.5 Å². The molecule has 0 aliphatic carbocycles. The van der Waals surface area contributed by atoms with Crippen LogP contribution in [0.15, 0.2) is 22.7 Å². The van der Waals surface area contributed by atoms with Gasteiger partial charge in [0.1, 0.15) is 5.69 Å². The monoisotopic (exact) mass is 341 g/mol. The van der Waals surface area contributed by atoms with Gasteiger partial charge >= 0.3 is 0 Å². The Morgan fingerprint density at radius 1 is 1.55 bits per heavy atom. The number of nitrogens with one attached hydrogen (secondary N) is 2. The van der Waals surface area contributed by atoms with Gasteiger partial charge in [-0.15, -0.1) is 0 Å². The minimum atomic E-state index is -0.503. The summed E-state index contributed by atoms with van der Waals surface area (Å²) in [5.41, 5.74) is 0.111. The number of nitro groups is 1. The third-order valence-electron chi connectivity index (χ3n) is 3.40. The van der Waals surface area contributed by atoms with Crippen molar-refractivity contribution < 1.29 is 9.72 Å². The normalized spacial score (nSPS) is 22.3. The predicted molar refractivity (Wildman–Crippen MR) is 79.6 cm³/mol. The van der Waals surface area contributed by atoms with E-state index >= 15 is 0 Å². The van der Waals surface area contributed by atoms with Crippen molar-refractivity contribution in [2.45, 2.75) is 25.8 Å². The number of carbonyl (C=O) groups is 1. The van der Waals surface area contributed by atoms with Crippen LogP contribution >= 0.6 is 15.9 Å². The molecule has 2 atom stereocenters. The maximum atomic E-state index is 12.2. The lowest BCUT2D eigenvalue weighted by molar-refractivity contribution is -0.384. The average molecular weight is 342 g/mol. The molecular weight excluding hydrogens is 326 g/mol. The molecule has 20 heavy (non-hydrogen) atoms. The third kappa shape index (κ3) is 3.55. The van der Waals surface area contributed by atoms with Crippen LogP contribution in [0.2, 0.25) is 0 Å². The zero-order chi connectivity index (χ0) is 14.7. The Labute approximate surface area is 125 Å². The maximum Gasteiger partial charge on any atom is 0.293 e. The van der Waals surface area contributed by atoms with Crippen molar-refractivity contribution in [3.63, 3.8) is 0 Å². The summed E-state index contributed by atoms with van der Waals surface area (Å²) >= 11 is 3.19. The Kier molecular flexibility index (Phi) is 4.72. The molecule has 1 aromatic rings. The Morgan fingerprint density at radius 3 is 2.95 bits per heavy atom. The van der Waals surface area contributed by atoms with Gasteiger partial charge in [-0.3, -0.25) is 14.9 Å². The van der Waals surface area contributed by atoms with Gasteiger partial charge in [-0.1, -0.05) is 22.9 Å². The van der Waals surface area contributed by atoms with Crippen molar-refractivity contribution in [3.8, 4) is 0 Å². The van der Waals surface area contributed by atoms with E-state index in [9.17, 15) is 14.9 Å². The molecule has 2 unspecified atom stereocenters. The van der Waals surface area contributed by atoms with E-state index in [0.717, 1.165) is 19.4 Å². The van der Waals surface area contributed by atoms with Crippen molar-refractivity contribution in [3.05, 3.63) is 32.8 Å². The van der Waals surface area contributed by atoms with Gasteiger partial charge in [0.15, 0.2) is 0 Å². The second kappa shape index (κ2) is 6.32. The largest absolute Gasteiger partial charge is 0.319 e. The fourth-order valence-corrected chi connectivity index (χ4v) is 2.64. The zero-order valence-corrected chi connectivity index (χ0v) is 12.6. The second-order valence-corrected chi connectivity index (χ2v) is 5.96. The van der Waals surface area contributed by atoms with Crippen LogP contribution in [0.25, 0.3) is 0 Å². The van der Waals surface area contributed by atoms with Gasteiger partial charge in [0.25, 0.3) is 5.69 Å². The molecule has 0 radical (unpaired) electrons. The third-order valence-corrected chi connectivity index (χ3v) is 3.89. The van der Waals surface area contributed by atoms with Gasteiger partial charge in [0.05, 0.1) is 11.0 Å². The predicted octanol–water partition coefficient (Wildman–Crippen LogP) is 2.68. The van der Waals surface area contributed by atoms with E-state index in [4.69, 9.17) is 0 Å². The molecule has 2 rings (SSSR count). The van der Waals surface area contributed by atoms with E-state index < -0.39 is 4.92 Å². The molecule has 2 N–H and O–H groups in total. The number of piperidine rings is 1. The molecule has 1 amide bonds. The lowest BCUT2D eigenvalue weighted by Crippen LogP contribution is -2.45. The van der Waals surface area contributed by atoms with Crippen LogP contribution in [0.1, 0.15) is 19.8 Å². The van der Waals surface area contributed by atoms with Crippen molar-refractivity contribution >= 4 is 33.2 Å². The first-order chi connectivity index (χ1) is 9.47. The maximum absolute atomic E-state index is 12.2. The highest BCUT2D eigenvalue weighted by Gasteiger charge is 2.26. The van der Waals surface area contributed by atoms with E-state index in [1.807, 2.05) is 0 Å². The molecular formula is C13H16BrN3O3. The summed E-state index contributed by atoms with van der Waals surface area (Å²) in [6, 6.07) is 4.29. The van der Waals surface area contributed by atoms with Gasteiger partial charge in [0.2, 0.25) is 5.91 Å². The van der Waals surface area contributed by atoms with Crippen molar-refractivity contribution in [1.29, 1.82) is 0 Å². The zero-order valence-electron chi connectivity index (χ0n) is 11.1. The lowest BCUT2D eigenvalue weighted by Gasteiger charge is -2.27. The van der Waals surface area contributed by atoms with Crippen LogP contribution < -0.4 is 10.6 Å². The summed E-state index contributed by atoms with van der Waals surface area (Å²) in [7, 11) is 0. The van der Waals surface area contributed by atoms with Crippen molar-refractivity contribution in [1.82, 2.24) is 5.32 Å². The first-order valence-corrected chi connectivity index (χ1v) is 7.25. The Morgan fingerprint density at radius 2 is 2.30 bits per heavy atom. The standard InChI is InChI=1S/C13H16BrN3O3/c1-8-4-5-15-11(6-8)13(18)16-10-3-2-9(14)7-12(10)17(19)20/h2-3,7-8,11,15H,4-6H2,1H3,(H,16,18). The lowest BCUT2D eigenvalue weighted by atomic mass is 9.94. The van der Waals surface area contributed by atoms with Crippen molar-refractivity contribution in [2.75, 3.05) is 11.9 Å². The number of nitro benzene ring substituents is 1. The first-order valence-electron chi connectivity index (χ1n) is 6.45. The minimum absolute atomic E-state index is 0.114. The number of halogens is 1. The summed E-state index contributed by atoms with van der Waals surface area (Å²) in [6.45, 7) is 2.89. The molecule has 6 nitrogen and oxygen atoms in total. The van der Waals surface area contributed by atoms with Crippen LogP contribution in [-0.4, -0.2) is 23.4 Å². The number of benzene rings is 1. The molecule has 1 aliphatic rings. The molecule has 0 saturated carbocycles. The number of amides is 1.